The molecule has 0 bridgehead atoms. The summed E-state index contributed by atoms with van der Waals surface area (Å²) in [6.07, 6.45) is 2.80. The Morgan fingerprint density at radius 1 is 1.32 bits per heavy atom. The Balaban J connectivity index is 1.76. The number of hydrogen-bond acceptors (Lipinski definition) is 6. The van der Waals surface area contributed by atoms with Crippen molar-refractivity contribution in [3.63, 3.8) is 0 Å². The Bertz CT molecular complexity index is 1170. The first-order valence-corrected chi connectivity index (χ1v) is 11.1. The zero-order valence-electron chi connectivity index (χ0n) is 15.4. The van der Waals surface area contributed by atoms with Crippen LogP contribution in [0.25, 0.3) is 4.96 Å². The molecule has 8 nitrogen and oxygen atoms in total. The third kappa shape index (κ3) is 4.83. The van der Waals surface area contributed by atoms with E-state index in [1.807, 2.05) is 13.8 Å². The van der Waals surface area contributed by atoms with Crippen LogP contribution in [0.4, 0.5) is 5.69 Å². The van der Waals surface area contributed by atoms with Gasteiger partial charge in [-0.05, 0) is 23.6 Å². The smallest absolute Gasteiger partial charge is 0.271 e. The van der Waals surface area contributed by atoms with Gasteiger partial charge in [-0.1, -0.05) is 26.0 Å². The minimum absolute atomic E-state index is 0.0903. The summed E-state index contributed by atoms with van der Waals surface area (Å²) in [6, 6.07) is 6.51. The van der Waals surface area contributed by atoms with Crippen molar-refractivity contribution >= 4 is 37.9 Å². The van der Waals surface area contributed by atoms with Gasteiger partial charge in [0.25, 0.3) is 11.5 Å². The van der Waals surface area contributed by atoms with Crippen molar-refractivity contribution in [2.45, 2.75) is 19.6 Å². The molecule has 3 aromatic rings. The number of carbonyl (C=O) groups excluding carboxylic acids is 1. The monoisotopic (exact) mass is 420 g/mol. The average molecular weight is 421 g/mol. The summed E-state index contributed by atoms with van der Waals surface area (Å²) in [5.74, 6) is -0.598. The fourth-order valence-corrected chi connectivity index (χ4v) is 4.46. The predicted octanol–water partition coefficient (Wildman–Crippen LogP) is 2.08. The van der Waals surface area contributed by atoms with Gasteiger partial charge < -0.3 is 5.32 Å². The fraction of sp³-hybridized carbons (Fsp3) is 0.278. The summed E-state index contributed by atoms with van der Waals surface area (Å²) in [6.45, 7) is 4.20. The Labute approximate surface area is 166 Å². The van der Waals surface area contributed by atoms with E-state index >= 15 is 0 Å². The molecular formula is C18H20N4O4S2. The highest BCUT2D eigenvalue weighted by Crippen LogP contribution is 2.14. The van der Waals surface area contributed by atoms with Crippen molar-refractivity contribution in [3.8, 4) is 0 Å². The van der Waals surface area contributed by atoms with Gasteiger partial charge in [-0.2, -0.15) is 0 Å². The number of thiazole rings is 1. The molecule has 0 saturated carbocycles. The number of benzene rings is 1. The Morgan fingerprint density at radius 3 is 2.86 bits per heavy atom. The number of nitrogens with one attached hydrogen (secondary N) is 2. The second kappa shape index (κ2) is 8.21. The molecule has 0 atom stereocenters. The van der Waals surface area contributed by atoms with Crippen LogP contribution in [-0.2, 0) is 15.8 Å². The van der Waals surface area contributed by atoms with E-state index in [2.05, 4.69) is 15.0 Å². The van der Waals surface area contributed by atoms with Crippen molar-refractivity contribution in [3.05, 3.63) is 63.5 Å². The molecule has 0 aliphatic heterocycles. The zero-order chi connectivity index (χ0) is 20.3. The third-order valence-electron chi connectivity index (χ3n) is 3.84. The Morgan fingerprint density at radius 2 is 2.11 bits per heavy atom. The first kappa shape index (κ1) is 20.2. The molecule has 0 fully saturated rings. The molecule has 0 aliphatic rings. The standard InChI is InChI=1S/C18H20N4O4S2/c1-12(2)9-20-28(25,26)11-13-4-3-5-14(8-13)21-16(23)15-10-19-18-22(17(15)24)6-7-27-18/h3-8,10,12,20H,9,11H2,1-2H3,(H,21,23). The predicted molar refractivity (Wildman–Crippen MR) is 109 cm³/mol. The molecule has 148 valence electrons. The van der Waals surface area contributed by atoms with Gasteiger partial charge in [-0.3, -0.25) is 14.0 Å². The van der Waals surface area contributed by atoms with Gasteiger partial charge in [-0.25, -0.2) is 18.1 Å². The SMILES string of the molecule is CC(C)CNS(=O)(=O)Cc1cccc(NC(=O)c2cnc3sccn3c2=O)c1. The maximum atomic E-state index is 12.5. The van der Waals surface area contributed by atoms with Crippen LogP contribution in [0.1, 0.15) is 29.8 Å². The Hall–Kier alpha value is -2.56. The van der Waals surface area contributed by atoms with Crippen LogP contribution in [0.15, 0.2) is 46.8 Å². The molecule has 2 N–H and O–H groups in total. The molecule has 3 rings (SSSR count). The number of amides is 1. The third-order valence-corrected chi connectivity index (χ3v) is 5.93. The topological polar surface area (TPSA) is 110 Å². The van der Waals surface area contributed by atoms with Gasteiger partial charge in [-0.15, -0.1) is 11.3 Å². The van der Waals surface area contributed by atoms with Crippen molar-refractivity contribution in [1.82, 2.24) is 14.1 Å². The van der Waals surface area contributed by atoms with E-state index in [4.69, 9.17) is 0 Å². The van der Waals surface area contributed by atoms with E-state index in [1.54, 1.807) is 35.8 Å². The first-order chi connectivity index (χ1) is 13.2. The second-order valence-corrected chi connectivity index (χ2v) is 9.37. The summed E-state index contributed by atoms with van der Waals surface area (Å²) >= 11 is 1.30. The maximum absolute atomic E-state index is 12.5. The molecule has 0 aliphatic carbocycles. The molecule has 28 heavy (non-hydrogen) atoms. The zero-order valence-corrected chi connectivity index (χ0v) is 17.0. The lowest BCUT2D eigenvalue weighted by Gasteiger charge is -2.10. The van der Waals surface area contributed by atoms with Crippen LogP contribution in [-0.4, -0.2) is 30.3 Å². The second-order valence-electron chi connectivity index (χ2n) is 6.69. The van der Waals surface area contributed by atoms with Crippen molar-refractivity contribution in [2.24, 2.45) is 5.92 Å². The highest BCUT2D eigenvalue weighted by molar-refractivity contribution is 7.88. The molecule has 0 radical (unpaired) electrons. The molecule has 1 amide bonds. The minimum atomic E-state index is -3.48. The molecule has 1 aromatic carbocycles. The summed E-state index contributed by atoms with van der Waals surface area (Å²) < 4.78 is 28.2. The number of nitrogens with zero attached hydrogens (tertiary/aromatic N) is 2. The van der Waals surface area contributed by atoms with E-state index in [9.17, 15) is 18.0 Å². The normalized spacial score (nSPS) is 11.8. The summed E-state index contributed by atoms with van der Waals surface area (Å²) in [4.78, 5) is 29.5. The van der Waals surface area contributed by atoms with Crippen molar-refractivity contribution in [1.29, 1.82) is 0 Å². The summed E-state index contributed by atoms with van der Waals surface area (Å²) in [7, 11) is -3.48. The first-order valence-electron chi connectivity index (χ1n) is 8.57. The Kier molecular flexibility index (Phi) is 5.92. The lowest BCUT2D eigenvalue weighted by molar-refractivity contribution is 0.102. The van der Waals surface area contributed by atoms with Gasteiger partial charge in [0, 0.05) is 30.0 Å². The summed E-state index contributed by atoms with van der Waals surface area (Å²) in [5.41, 5.74) is 0.376. The van der Waals surface area contributed by atoms with Gasteiger partial charge in [0.15, 0.2) is 4.96 Å². The highest BCUT2D eigenvalue weighted by Gasteiger charge is 2.16. The van der Waals surface area contributed by atoms with E-state index in [0.29, 0.717) is 22.8 Å². The maximum Gasteiger partial charge on any atom is 0.271 e. The van der Waals surface area contributed by atoms with Crippen molar-refractivity contribution in [2.75, 3.05) is 11.9 Å². The summed E-state index contributed by atoms with van der Waals surface area (Å²) in [5, 5.41) is 4.34. The number of fused-ring (bicyclic) bond motifs is 1. The van der Waals surface area contributed by atoms with Crippen molar-refractivity contribution < 1.29 is 13.2 Å². The minimum Gasteiger partial charge on any atom is -0.322 e. The van der Waals surface area contributed by atoms with Crippen LogP contribution in [0.3, 0.4) is 0 Å². The molecule has 0 spiro atoms. The molecule has 2 aromatic heterocycles. The lowest BCUT2D eigenvalue weighted by atomic mass is 10.2. The number of aromatic nitrogens is 2. The number of rotatable bonds is 7. The van der Waals surface area contributed by atoms with Crippen LogP contribution in [0.2, 0.25) is 0 Å². The molecule has 0 unspecified atom stereocenters. The molecule has 10 heteroatoms. The molecule has 2 heterocycles. The quantitative estimate of drug-likeness (QED) is 0.608. The van der Waals surface area contributed by atoms with Crippen LogP contribution in [0, 0.1) is 5.92 Å². The van der Waals surface area contributed by atoms with E-state index < -0.39 is 21.5 Å². The van der Waals surface area contributed by atoms with Crippen LogP contribution < -0.4 is 15.6 Å². The number of carbonyl (C=O) groups is 1. The van der Waals surface area contributed by atoms with E-state index in [1.165, 1.54) is 21.9 Å². The number of sulfonamides is 1. The van der Waals surface area contributed by atoms with Gasteiger partial charge >= 0.3 is 0 Å². The van der Waals surface area contributed by atoms with Gasteiger partial charge in [0.1, 0.15) is 5.56 Å². The van der Waals surface area contributed by atoms with E-state index in [-0.39, 0.29) is 17.2 Å². The van der Waals surface area contributed by atoms with Crippen LogP contribution >= 0.6 is 11.3 Å². The van der Waals surface area contributed by atoms with Crippen LogP contribution in [0.5, 0.6) is 0 Å². The number of hydrogen-bond donors (Lipinski definition) is 2. The largest absolute Gasteiger partial charge is 0.322 e. The van der Waals surface area contributed by atoms with Gasteiger partial charge in [0.2, 0.25) is 10.0 Å². The highest BCUT2D eigenvalue weighted by atomic mass is 32.2. The fourth-order valence-electron chi connectivity index (χ4n) is 2.48. The number of anilines is 1. The molecular weight excluding hydrogens is 400 g/mol. The van der Waals surface area contributed by atoms with E-state index in [0.717, 1.165) is 0 Å². The van der Waals surface area contributed by atoms with Gasteiger partial charge in [0.05, 0.1) is 5.75 Å². The lowest BCUT2D eigenvalue weighted by Crippen LogP contribution is -2.28. The molecule has 0 saturated heterocycles. The average Bonchev–Trinajstić information content (AvgIpc) is 3.10.